The predicted molar refractivity (Wildman–Crippen MR) is 66.2 cm³/mol. The largest absolute Gasteiger partial charge is 0.365 e. The molecule has 0 aliphatic heterocycles. The first kappa shape index (κ1) is 9.61. The zero-order valence-electron chi connectivity index (χ0n) is 9.01. The van der Waals surface area contributed by atoms with Crippen molar-refractivity contribution in [2.75, 3.05) is 0 Å². The first-order chi connectivity index (χ1) is 8.38. The van der Waals surface area contributed by atoms with Crippen LogP contribution in [-0.4, -0.2) is 9.97 Å². The number of nitriles is 1. The van der Waals surface area contributed by atoms with Crippen molar-refractivity contribution >= 4 is 10.9 Å². The zero-order valence-corrected chi connectivity index (χ0v) is 9.01. The number of fused-ring (bicyclic) bond motifs is 1. The Balaban J connectivity index is 2.23. The van der Waals surface area contributed by atoms with E-state index in [0.29, 0.717) is 5.56 Å². The number of aromatic amines is 1. The van der Waals surface area contributed by atoms with Gasteiger partial charge >= 0.3 is 0 Å². The molecule has 0 aliphatic carbocycles. The molecule has 0 amide bonds. The summed E-state index contributed by atoms with van der Waals surface area (Å²) < 4.78 is 0. The molecule has 0 saturated carbocycles. The number of hydrogen-bond donors (Lipinski definition) is 1. The van der Waals surface area contributed by atoms with Gasteiger partial charge in [-0.15, -0.1) is 0 Å². The highest BCUT2D eigenvalue weighted by molar-refractivity contribution is 5.81. The average molecular weight is 219 g/mol. The molecule has 3 heteroatoms. The van der Waals surface area contributed by atoms with Crippen LogP contribution in [0, 0.1) is 11.3 Å². The maximum Gasteiger partial charge on any atom is 0.0998 e. The lowest BCUT2D eigenvalue weighted by Crippen LogP contribution is -1.87. The van der Waals surface area contributed by atoms with E-state index < -0.39 is 0 Å². The highest BCUT2D eigenvalue weighted by Gasteiger charge is 2.06. The molecule has 80 valence electrons. The summed E-state index contributed by atoms with van der Waals surface area (Å²) in [6.07, 6.45) is 3.76. The molecule has 1 N–H and O–H groups in total. The van der Waals surface area contributed by atoms with E-state index in [1.54, 1.807) is 6.07 Å². The standard InChI is InChI=1S/C14H9N3/c15-7-10-3-1-2-4-12(10)13-6-5-11-8-16-9-14(11)17-13/h1-6,8-9,16H. The van der Waals surface area contributed by atoms with E-state index in [0.717, 1.165) is 22.2 Å². The third-order valence-electron chi connectivity index (χ3n) is 2.74. The van der Waals surface area contributed by atoms with Gasteiger partial charge in [0.05, 0.1) is 22.8 Å². The third-order valence-corrected chi connectivity index (χ3v) is 2.74. The number of benzene rings is 1. The van der Waals surface area contributed by atoms with Crippen LogP contribution < -0.4 is 0 Å². The van der Waals surface area contributed by atoms with Crippen molar-refractivity contribution in [2.24, 2.45) is 0 Å². The Bertz CT molecular complexity index is 719. The molecule has 0 fully saturated rings. The van der Waals surface area contributed by atoms with Crippen LogP contribution in [0.4, 0.5) is 0 Å². The van der Waals surface area contributed by atoms with Crippen molar-refractivity contribution < 1.29 is 0 Å². The smallest absolute Gasteiger partial charge is 0.0998 e. The maximum absolute atomic E-state index is 9.07. The Labute approximate surface area is 98.4 Å². The SMILES string of the molecule is N#Cc1ccccc1-c1ccc2c[nH]cc2n1. The second kappa shape index (κ2) is 3.76. The normalized spacial score (nSPS) is 10.3. The minimum absolute atomic E-state index is 0.648. The molecule has 0 radical (unpaired) electrons. The molecule has 2 heterocycles. The van der Waals surface area contributed by atoms with E-state index in [1.807, 2.05) is 42.7 Å². The first-order valence-corrected chi connectivity index (χ1v) is 5.31. The van der Waals surface area contributed by atoms with E-state index in [-0.39, 0.29) is 0 Å². The summed E-state index contributed by atoms with van der Waals surface area (Å²) in [4.78, 5) is 7.55. The van der Waals surface area contributed by atoms with Crippen molar-refractivity contribution in [1.29, 1.82) is 5.26 Å². The van der Waals surface area contributed by atoms with Crippen LogP contribution >= 0.6 is 0 Å². The number of hydrogen-bond acceptors (Lipinski definition) is 2. The lowest BCUT2D eigenvalue weighted by atomic mass is 10.0. The molecular formula is C14H9N3. The van der Waals surface area contributed by atoms with Gasteiger partial charge in [-0.3, -0.25) is 0 Å². The van der Waals surface area contributed by atoms with E-state index in [1.165, 1.54) is 0 Å². The molecule has 0 spiro atoms. The van der Waals surface area contributed by atoms with Gasteiger partial charge in [-0.25, -0.2) is 4.98 Å². The molecule has 0 unspecified atom stereocenters. The van der Waals surface area contributed by atoms with Gasteiger partial charge in [0, 0.05) is 23.3 Å². The predicted octanol–water partition coefficient (Wildman–Crippen LogP) is 3.10. The fourth-order valence-corrected chi connectivity index (χ4v) is 1.89. The van der Waals surface area contributed by atoms with Gasteiger partial charge in [0.2, 0.25) is 0 Å². The Morgan fingerprint density at radius 3 is 2.82 bits per heavy atom. The minimum Gasteiger partial charge on any atom is -0.365 e. The van der Waals surface area contributed by atoms with Gasteiger partial charge < -0.3 is 4.98 Å². The monoisotopic (exact) mass is 219 g/mol. The highest BCUT2D eigenvalue weighted by Crippen LogP contribution is 2.23. The van der Waals surface area contributed by atoms with E-state index in [4.69, 9.17) is 5.26 Å². The number of nitrogens with one attached hydrogen (secondary N) is 1. The Morgan fingerprint density at radius 2 is 1.94 bits per heavy atom. The summed E-state index contributed by atoms with van der Waals surface area (Å²) in [7, 11) is 0. The lowest BCUT2D eigenvalue weighted by Gasteiger charge is -2.02. The number of H-pyrrole nitrogens is 1. The maximum atomic E-state index is 9.07. The molecule has 0 saturated heterocycles. The van der Waals surface area contributed by atoms with Gasteiger partial charge in [-0.2, -0.15) is 5.26 Å². The molecule has 1 aromatic carbocycles. The summed E-state index contributed by atoms with van der Waals surface area (Å²) in [6.45, 7) is 0. The van der Waals surface area contributed by atoms with E-state index in [2.05, 4.69) is 16.0 Å². The van der Waals surface area contributed by atoms with Crippen molar-refractivity contribution in [3.8, 4) is 17.3 Å². The topological polar surface area (TPSA) is 52.5 Å². The lowest BCUT2D eigenvalue weighted by molar-refractivity contribution is 1.37. The van der Waals surface area contributed by atoms with Gasteiger partial charge in [0.25, 0.3) is 0 Å². The van der Waals surface area contributed by atoms with Crippen molar-refractivity contribution in [3.05, 3.63) is 54.4 Å². The molecule has 3 nitrogen and oxygen atoms in total. The zero-order chi connectivity index (χ0) is 11.7. The molecule has 0 aliphatic rings. The summed E-state index contributed by atoms with van der Waals surface area (Å²) in [5.74, 6) is 0. The second-order valence-corrected chi connectivity index (χ2v) is 3.78. The van der Waals surface area contributed by atoms with Crippen molar-refractivity contribution in [3.63, 3.8) is 0 Å². The fourth-order valence-electron chi connectivity index (χ4n) is 1.89. The van der Waals surface area contributed by atoms with Crippen LogP contribution in [0.25, 0.3) is 22.2 Å². The summed E-state index contributed by atoms with van der Waals surface area (Å²) in [5, 5.41) is 10.1. The molecule has 0 bridgehead atoms. The Hall–Kier alpha value is -2.60. The molecular weight excluding hydrogens is 210 g/mol. The van der Waals surface area contributed by atoms with Gasteiger partial charge in [-0.05, 0) is 18.2 Å². The van der Waals surface area contributed by atoms with Gasteiger partial charge in [0.1, 0.15) is 0 Å². The summed E-state index contributed by atoms with van der Waals surface area (Å²) >= 11 is 0. The van der Waals surface area contributed by atoms with Gasteiger partial charge in [0.15, 0.2) is 0 Å². The Morgan fingerprint density at radius 1 is 1.06 bits per heavy atom. The van der Waals surface area contributed by atoms with Crippen molar-refractivity contribution in [2.45, 2.75) is 0 Å². The molecule has 3 rings (SSSR count). The molecule has 2 aromatic heterocycles. The third kappa shape index (κ3) is 1.56. The van der Waals surface area contributed by atoms with Crippen molar-refractivity contribution in [1.82, 2.24) is 9.97 Å². The van der Waals surface area contributed by atoms with Crippen LogP contribution in [0.3, 0.4) is 0 Å². The van der Waals surface area contributed by atoms with E-state index >= 15 is 0 Å². The van der Waals surface area contributed by atoms with Crippen LogP contribution in [0.15, 0.2) is 48.8 Å². The Kier molecular flexibility index (Phi) is 2.13. The number of pyridine rings is 1. The van der Waals surface area contributed by atoms with E-state index in [9.17, 15) is 0 Å². The average Bonchev–Trinajstić information content (AvgIpc) is 2.85. The van der Waals surface area contributed by atoms with Crippen LogP contribution in [-0.2, 0) is 0 Å². The first-order valence-electron chi connectivity index (χ1n) is 5.31. The van der Waals surface area contributed by atoms with Crippen LogP contribution in [0.2, 0.25) is 0 Å². The van der Waals surface area contributed by atoms with Crippen LogP contribution in [0.5, 0.6) is 0 Å². The summed E-state index contributed by atoms with van der Waals surface area (Å²) in [5.41, 5.74) is 3.26. The minimum atomic E-state index is 0.648. The highest BCUT2D eigenvalue weighted by atomic mass is 14.8. The van der Waals surface area contributed by atoms with Crippen LogP contribution in [0.1, 0.15) is 5.56 Å². The number of aromatic nitrogens is 2. The number of nitrogens with zero attached hydrogens (tertiary/aromatic N) is 2. The quantitative estimate of drug-likeness (QED) is 0.683. The molecule has 17 heavy (non-hydrogen) atoms. The second-order valence-electron chi connectivity index (χ2n) is 3.78. The summed E-state index contributed by atoms with van der Waals surface area (Å²) in [6, 6.07) is 13.6. The number of rotatable bonds is 1. The van der Waals surface area contributed by atoms with Gasteiger partial charge in [-0.1, -0.05) is 18.2 Å². The molecule has 0 atom stereocenters. The molecule has 3 aromatic rings. The fraction of sp³-hybridized carbons (Fsp3) is 0.